The van der Waals surface area contributed by atoms with Crippen molar-refractivity contribution in [2.75, 3.05) is 6.54 Å². The van der Waals surface area contributed by atoms with Gasteiger partial charge in [-0.25, -0.2) is 13.1 Å². The molecule has 1 heterocycles. The van der Waals surface area contributed by atoms with Gasteiger partial charge in [0.1, 0.15) is 15.2 Å². The van der Waals surface area contributed by atoms with Gasteiger partial charge in [0.15, 0.2) is 0 Å². The molecule has 18 heavy (non-hydrogen) atoms. The first kappa shape index (κ1) is 15.1. The fourth-order valence-corrected chi connectivity index (χ4v) is 3.78. The van der Waals surface area contributed by atoms with Crippen LogP contribution in [0, 0.1) is 11.3 Å². The number of nitrogens with one attached hydrogen (secondary N) is 1. The van der Waals surface area contributed by atoms with Crippen molar-refractivity contribution in [3.05, 3.63) is 17.0 Å². The first-order valence-electron chi connectivity index (χ1n) is 5.53. The summed E-state index contributed by atoms with van der Waals surface area (Å²) >= 11 is 0.911. The Bertz CT molecular complexity index is 541. The van der Waals surface area contributed by atoms with Crippen LogP contribution in [0.2, 0.25) is 0 Å². The van der Waals surface area contributed by atoms with Crippen LogP contribution in [0.15, 0.2) is 16.3 Å². The second-order valence-corrected chi connectivity index (χ2v) is 7.38. The third-order valence-electron chi connectivity index (χ3n) is 2.39. The molecule has 0 saturated carbocycles. The fourth-order valence-electron chi connectivity index (χ4n) is 1.47. The lowest BCUT2D eigenvalue weighted by atomic mass is 10.0. The van der Waals surface area contributed by atoms with Crippen LogP contribution in [0.1, 0.15) is 31.6 Å². The highest BCUT2D eigenvalue weighted by atomic mass is 32.2. The Morgan fingerprint density at radius 3 is 2.72 bits per heavy atom. The number of sulfonamides is 1. The average molecular weight is 288 g/mol. The van der Waals surface area contributed by atoms with Crippen LogP contribution < -0.4 is 4.72 Å². The SMILES string of the molecule is CCCC(C)(O)CNS(=O)(=O)c1ccc(C#N)s1. The van der Waals surface area contributed by atoms with Crippen LogP contribution in [0.4, 0.5) is 0 Å². The monoisotopic (exact) mass is 288 g/mol. The first-order valence-corrected chi connectivity index (χ1v) is 7.83. The summed E-state index contributed by atoms with van der Waals surface area (Å²) in [6.45, 7) is 3.47. The number of rotatable bonds is 6. The molecule has 1 unspecified atom stereocenters. The predicted octanol–water partition coefficient (Wildman–Crippen LogP) is 1.45. The van der Waals surface area contributed by atoms with Crippen molar-refractivity contribution in [3.8, 4) is 6.07 Å². The maximum absolute atomic E-state index is 11.9. The Labute approximate surface area is 111 Å². The second-order valence-electron chi connectivity index (χ2n) is 4.30. The van der Waals surface area contributed by atoms with Gasteiger partial charge >= 0.3 is 0 Å². The zero-order valence-corrected chi connectivity index (χ0v) is 11.9. The predicted molar refractivity (Wildman–Crippen MR) is 69.8 cm³/mol. The molecule has 1 rings (SSSR count). The number of hydrogen-bond acceptors (Lipinski definition) is 5. The number of hydrogen-bond donors (Lipinski definition) is 2. The first-order chi connectivity index (χ1) is 8.30. The minimum absolute atomic E-state index is 0.0387. The summed E-state index contributed by atoms with van der Waals surface area (Å²) in [5.74, 6) is 0. The molecule has 0 fully saturated rings. The number of nitriles is 1. The Kier molecular flexibility index (Phi) is 4.87. The second kappa shape index (κ2) is 5.80. The van der Waals surface area contributed by atoms with Crippen molar-refractivity contribution in [1.29, 1.82) is 5.26 Å². The lowest BCUT2D eigenvalue weighted by Crippen LogP contribution is -2.40. The Hall–Kier alpha value is -0.940. The van der Waals surface area contributed by atoms with Crippen LogP contribution in [0.25, 0.3) is 0 Å². The number of thiophene rings is 1. The summed E-state index contributed by atoms with van der Waals surface area (Å²) in [6, 6.07) is 4.74. The van der Waals surface area contributed by atoms with E-state index < -0.39 is 15.6 Å². The third-order valence-corrected chi connectivity index (χ3v) is 5.27. The van der Waals surface area contributed by atoms with Gasteiger partial charge in [0.25, 0.3) is 0 Å². The number of nitrogens with zero attached hydrogens (tertiary/aromatic N) is 1. The lowest BCUT2D eigenvalue weighted by molar-refractivity contribution is 0.0554. The average Bonchev–Trinajstić information content (AvgIpc) is 2.76. The molecule has 0 radical (unpaired) electrons. The maximum Gasteiger partial charge on any atom is 0.250 e. The molecular formula is C11H16N2O3S2. The molecule has 0 saturated heterocycles. The standard InChI is InChI=1S/C11H16N2O3S2/c1-3-6-11(2,14)8-13-18(15,16)10-5-4-9(7-12)17-10/h4-5,13-14H,3,6,8H2,1-2H3. The Morgan fingerprint density at radius 2 is 2.22 bits per heavy atom. The van der Waals surface area contributed by atoms with E-state index in [0.29, 0.717) is 11.3 Å². The van der Waals surface area contributed by atoms with E-state index in [0.717, 1.165) is 17.8 Å². The van der Waals surface area contributed by atoms with Crippen LogP contribution >= 0.6 is 11.3 Å². The lowest BCUT2D eigenvalue weighted by Gasteiger charge is -2.22. The molecule has 0 aromatic carbocycles. The molecule has 2 N–H and O–H groups in total. The Balaban J connectivity index is 2.75. The van der Waals surface area contributed by atoms with E-state index in [-0.39, 0.29) is 10.8 Å². The van der Waals surface area contributed by atoms with Crippen molar-refractivity contribution in [1.82, 2.24) is 4.72 Å². The van der Waals surface area contributed by atoms with E-state index in [9.17, 15) is 13.5 Å². The van der Waals surface area contributed by atoms with Crippen LogP contribution in [-0.4, -0.2) is 25.7 Å². The number of aliphatic hydroxyl groups is 1. The van der Waals surface area contributed by atoms with E-state index in [2.05, 4.69) is 4.72 Å². The van der Waals surface area contributed by atoms with Crippen molar-refractivity contribution in [3.63, 3.8) is 0 Å². The molecule has 5 nitrogen and oxygen atoms in total. The smallest absolute Gasteiger partial charge is 0.250 e. The molecule has 1 aromatic rings. The minimum atomic E-state index is -3.64. The quantitative estimate of drug-likeness (QED) is 0.829. The van der Waals surface area contributed by atoms with Gasteiger partial charge < -0.3 is 5.11 Å². The highest BCUT2D eigenvalue weighted by Gasteiger charge is 2.24. The molecule has 0 aliphatic rings. The van der Waals surface area contributed by atoms with E-state index >= 15 is 0 Å². The third kappa shape index (κ3) is 4.07. The molecule has 1 aromatic heterocycles. The summed E-state index contributed by atoms with van der Waals surface area (Å²) in [5, 5.41) is 18.6. The van der Waals surface area contributed by atoms with Gasteiger partial charge in [-0.3, -0.25) is 0 Å². The van der Waals surface area contributed by atoms with E-state index in [1.165, 1.54) is 12.1 Å². The van der Waals surface area contributed by atoms with E-state index in [1.807, 2.05) is 13.0 Å². The summed E-state index contributed by atoms with van der Waals surface area (Å²) in [5.41, 5.74) is -1.06. The maximum atomic E-state index is 11.9. The van der Waals surface area contributed by atoms with Crippen LogP contribution in [0.5, 0.6) is 0 Å². The molecule has 0 amide bonds. The van der Waals surface area contributed by atoms with E-state index in [4.69, 9.17) is 5.26 Å². The molecule has 0 bridgehead atoms. The molecule has 0 aliphatic carbocycles. The van der Waals surface area contributed by atoms with E-state index in [1.54, 1.807) is 6.92 Å². The summed E-state index contributed by atoms with van der Waals surface area (Å²) in [7, 11) is -3.64. The van der Waals surface area contributed by atoms with Gasteiger partial charge in [-0.2, -0.15) is 5.26 Å². The fraction of sp³-hybridized carbons (Fsp3) is 0.545. The van der Waals surface area contributed by atoms with Crippen molar-refractivity contribution < 1.29 is 13.5 Å². The summed E-state index contributed by atoms with van der Waals surface area (Å²) < 4.78 is 26.2. The van der Waals surface area contributed by atoms with Gasteiger partial charge in [-0.15, -0.1) is 11.3 Å². The van der Waals surface area contributed by atoms with Gasteiger partial charge in [0, 0.05) is 6.54 Å². The highest BCUT2D eigenvalue weighted by molar-refractivity contribution is 7.91. The molecule has 100 valence electrons. The zero-order valence-electron chi connectivity index (χ0n) is 10.3. The molecule has 1 atom stereocenters. The van der Waals surface area contributed by atoms with Gasteiger partial charge in [-0.05, 0) is 25.5 Å². The van der Waals surface area contributed by atoms with Crippen molar-refractivity contribution >= 4 is 21.4 Å². The topological polar surface area (TPSA) is 90.2 Å². The summed E-state index contributed by atoms with van der Waals surface area (Å²) in [4.78, 5) is 0.343. The van der Waals surface area contributed by atoms with Gasteiger partial charge in [0.2, 0.25) is 10.0 Å². The van der Waals surface area contributed by atoms with Gasteiger partial charge in [0.05, 0.1) is 5.60 Å². The highest BCUT2D eigenvalue weighted by Crippen LogP contribution is 2.21. The minimum Gasteiger partial charge on any atom is -0.389 e. The molecular weight excluding hydrogens is 272 g/mol. The van der Waals surface area contributed by atoms with Crippen molar-refractivity contribution in [2.45, 2.75) is 36.5 Å². The molecule has 0 spiro atoms. The zero-order chi connectivity index (χ0) is 13.8. The van der Waals surface area contributed by atoms with Gasteiger partial charge in [-0.1, -0.05) is 13.3 Å². The van der Waals surface area contributed by atoms with Crippen molar-refractivity contribution in [2.24, 2.45) is 0 Å². The van der Waals surface area contributed by atoms with Crippen LogP contribution in [0.3, 0.4) is 0 Å². The molecule has 7 heteroatoms. The Morgan fingerprint density at radius 1 is 1.56 bits per heavy atom. The molecule has 0 aliphatic heterocycles. The largest absolute Gasteiger partial charge is 0.389 e. The summed E-state index contributed by atoms with van der Waals surface area (Å²) in [6.07, 6.45) is 1.29. The normalized spacial score (nSPS) is 15.0. The van der Waals surface area contributed by atoms with Crippen LogP contribution in [-0.2, 0) is 10.0 Å².